The number of hydrogen-bond donors (Lipinski definition) is 2. The highest BCUT2D eigenvalue weighted by Crippen LogP contribution is 2.36. The number of primary amides is 1. The molecule has 2 fully saturated rings. The summed E-state index contributed by atoms with van der Waals surface area (Å²) in [6, 6.07) is 0.722. The Morgan fingerprint density at radius 3 is 3.00 bits per heavy atom. The van der Waals surface area contributed by atoms with Gasteiger partial charge in [-0.1, -0.05) is 6.42 Å². The molecule has 0 aromatic carbocycles. The number of amides is 3. The van der Waals surface area contributed by atoms with Crippen LogP contribution in [-0.2, 0) is 4.79 Å². The summed E-state index contributed by atoms with van der Waals surface area (Å²) >= 11 is 1.94. The first-order chi connectivity index (χ1) is 8.63. The number of hydrogen-bond acceptors (Lipinski definition) is 3. The number of nitrogens with zero attached hydrogens (tertiary/aromatic N) is 1. The molecule has 0 saturated carbocycles. The van der Waals surface area contributed by atoms with Crippen molar-refractivity contribution in [1.29, 1.82) is 0 Å². The lowest BCUT2D eigenvalue weighted by Crippen LogP contribution is -2.38. The molecule has 0 aliphatic carbocycles. The van der Waals surface area contributed by atoms with E-state index in [1.807, 2.05) is 23.6 Å². The van der Waals surface area contributed by atoms with Crippen LogP contribution in [0.5, 0.6) is 0 Å². The Balaban J connectivity index is 1.79. The molecule has 3 N–H and O–H groups in total. The zero-order valence-electron chi connectivity index (χ0n) is 10.7. The number of nitrogens with two attached hydrogens (primary N) is 1. The first kappa shape index (κ1) is 13.5. The summed E-state index contributed by atoms with van der Waals surface area (Å²) < 4.78 is 0. The molecule has 3 atom stereocenters. The topological polar surface area (TPSA) is 75.4 Å². The number of likely N-dealkylation sites (N-methyl/N-ethyl adjacent to an activating group) is 1. The van der Waals surface area contributed by atoms with Crippen LogP contribution in [0.1, 0.15) is 32.6 Å². The summed E-state index contributed by atoms with van der Waals surface area (Å²) in [7, 11) is 0. The van der Waals surface area contributed by atoms with Crippen molar-refractivity contribution >= 4 is 23.7 Å². The smallest absolute Gasteiger partial charge is 0.318 e. The van der Waals surface area contributed by atoms with Gasteiger partial charge in [-0.25, -0.2) is 4.79 Å². The van der Waals surface area contributed by atoms with Crippen LogP contribution >= 0.6 is 11.8 Å². The summed E-state index contributed by atoms with van der Waals surface area (Å²) in [5.74, 6) is 0.802. The number of urea groups is 1. The predicted octanol–water partition coefficient (Wildman–Crippen LogP) is 0.930. The molecule has 3 unspecified atom stereocenters. The lowest BCUT2D eigenvalue weighted by atomic mass is 10.0. The summed E-state index contributed by atoms with van der Waals surface area (Å²) in [6.07, 6.45) is 3.39. The van der Waals surface area contributed by atoms with E-state index in [-0.39, 0.29) is 18.0 Å². The van der Waals surface area contributed by atoms with Gasteiger partial charge in [0.15, 0.2) is 0 Å². The van der Waals surface area contributed by atoms with Crippen LogP contribution in [0.4, 0.5) is 4.79 Å². The van der Waals surface area contributed by atoms with Gasteiger partial charge in [-0.05, 0) is 19.8 Å². The maximum atomic E-state index is 11.7. The third-order valence-electron chi connectivity index (χ3n) is 3.75. The van der Waals surface area contributed by atoms with Crippen LogP contribution in [0.15, 0.2) is 0 Å². The average molecular weight is 271 g/mol. The Labute approximate surface area is 112 Å². The van der Waals surface area contributed by atoms with Crippen molar-refractivity contribution in [2.24, 2.45) is 5.73 Å². The molecule has 3 amide bonds. The summed E-state index contributed by atoms with van der Waals surface area (Å²) in [5.41, 5.74) is 5.12. The first-order valence-corrected chi connectivity index (χ1v) is 7.65. The molecule has 18 heavy (non-hydrogen) atoms. The fourth-order valence-corrected chi connectivity index (χ4v) is 4.43. The lowest BCUT2D eigenvalue weighted by molar-refractivity contribution is -0.118. The molecule has 0 radical (unpaired) electrons. The molecule has 0 aromatic rings. The Hall–Kier alpha value is -0.910. The highest BCUT2D eigenvalue weighted by molar-refractivity contribution is 8.00. The van der Waals surface area contributed by atoms with Gasteiger partial charge < -0.3 is 16.0 Å². The van der Waals surface area contributed by atoms with E-state index in [4.69, 9.17) is 5.73 Å². The van der Waals surface area contributed by atoms with E-state index in [2.05, 4.69) is 5.32 Å². The largest absolute Gasteiger partial charge is 0.370 e. The molecule has 0 bridgehead atoms. The van der Waals surface area contributed by atoms with Crippen LogP contribution in [0.2, 0.25) is 0 Å². The van der Waals surface area contributed by atoms with E-state index < -0.39 is 0 Å². The zero-order chi connectivity index (χ0) is 13.1. The predicted molar refractivity (Wildman–Crippen MR) is 72.4 cm³/mol. The normalized spacial score (nSPS) is 30.4. The molecule has 2 rings (SSSR count). The van der Waals surface area contributed by atoms with Gasteiger partial charge >= 0.3 is 6.03 Å². The first-order valence-electron chi connectivity index (χ1n) is 6.60. The lowest BCUT2D eigenvalue weighted by Gasteiger charge is -2.19. The van der Waals surface area contributed by atoms with Crippen molar-refractivity contribution in [3.8, 4) is 0 Å². The van der Waals surface area contributed by atoms with Gasteiger partial charge in [0.2, 0.25) is 5.91 Å². The number of thioether (sulfide) groups is 1. The highest BCUT2D eigenvalue weighted by atomic mass is 32.2. The number of rotatable bonds is 6. The summed E-state index contributed by atoms with van der Waals surface area (Å²) in [4.78, 5) is 24.3. The molecule has 2 aliphatic heterocycles. The molecule has 0 spiro atoms. The maximum Gasteiger partial charge on any atom is 0.318 e. The van der Waals surface area contributed by atoms with Crippen LogP contribution in [0, 0.1) is 0 Å². The number of fused-ring (bicyclic) bond motifs is 1. The number of carbonyl (C=O) groups is 2. The standard InChI is InChI=1S/C12H21N3O2S/c1-2-15-8-7-18-9(11(8)14-12(15)17)5-3-4-6-10(13)16/h8-9,11H,2-7H2,1H3,(H2,13,16)(H,14,17). The van der Waals surface area contributed by atoms with Gasteiger partial charge in [-0.15, -0.1) is 0 Å². The van der Waals surface area contributed by atoms with Gasteiger partial charge in [-0.2, -0.15) is 11.8 Å². The molecule has 2 saturated heterocycles. The van der Waals surface area contributed by atoms with Gasteiger partial charge in [0, 0.05) is 24.0 Å². The van der Waals surface area contributed by atoms with Crippen molar-refractivity contribution in [2.75, 3.05) is 12.3 Å². The van der Waals surface area contributed by atoms with Gasteiger partial charge in [-0.3, -0.25) is 4.79 Å². The van der Waals surface area contributed by atoms with E-state index in [0.717, 1.165) is 31.6 Å². The molecular formula is C12H21N3O2S. The van der Waals surface area contributed by atoms with Crippen LogP contribution in [0.3, 0.4) is 0 Å². The van der Waals surface area contributed by atoms with Crippen molar-refractivity contribution in [2.45, 2.75) is 49.9 Å². The third-order valence-corrected chi connectivity index (χ3v) is 5.24. The van der Waals surface area contributed by atoms with Crippen LogP contribution in [-0.4, -0.2) is 46.5 Å². The van der Waals surface area contributed by atoms with Crippen LogP contribution in [0.25, 0.3) is 0 Å². The minimum absolute atomic E-state index is 0.0786. The Morgan fingerprint density at radius 1 is 1.56 bits per heavy atom. The van der Waals surface area contributed by atoms with Crippen molar-refractivity contribution in [3.63, 3.8) is 0 Å². The summed E-state index contributed by atoms with van der Waals surface area (Å²) in [5, 5.41) is 3.58. The van der Waals surface area contributed by atoms with Crippen molar-refractivity contribution in [3.05, 3.63) is 0 Å². The maximum absolute atomic E-state index is 11.7. The number of carbonyl (C=O) groups excluding carboxylic acids is 2. The highest BCUT2D eigenvalue weighted by Gasteiger charge is 2.46. The van der Waals surface area contributed by atoms with Crippen molar-refractivity contribution < 1.29 is 9.59 Å². The molecular weight excluding hydrogens is 250 g/mol. The van der Waals surface area contributed by atoms with Crippen molar-refractivity contribution in [1.82, 2.24) is 10.2 Å². The average Bonchev–Trinajstić information content (AvgIpc) is 2.82. The fourth-order valence-electron chi connectivity index (χ4n) is 2.81. The second kappa shape index (κ2) is 5.82. The second-order valence-corrected chi connectivity index (χ2v) is 6.18. The van der Waals surface area contributed by atoms with E-state index in [0.29, 0.717) is 17.7 Å². The quantitative estimate of drug-likeness (QED) is 0.557. The van der Waals surface area contributed by atoms with Gasteiger partial charge in [0.1, 0.15) is 0 Å². The Bertz CT molecular complexity index is 337. The zero-order valence-corrected chi connectivity index (χ0v) is 11.5. The SMILES string of the molecule is CCN1C(=O)NC2C(CCCCC(N)=O)SCC21. The van der Waals surface area contributed by atoms with E-state index in [9.17, 15) is 9.59 Å². The van der Waals surface area contributed by atoms with Gasteiger partial charge in [0.05, 0.1) is 12.1 Å². The molecule has 2 aliphatic rings. The monoisotopic (exact) mass is 271 g/mol. The number of nitrogens with one attached hydrogen (secondary N) is 1. The molecule has 102 valence electrons. The minimum Gasteiger partial charge on any atom is -0.370 e. The molecule has 0 aromatic heterocycles. The third kappa shape index (κ3) is 2.74. The van der Waals surface area contributed by atoms with Crippen LogP contribution < -0.4 is 11.1 Å². The summed E-state index contributed by atoms with van der Waals surface area (Å²) in [6.45, 7) is 2.80. The van der Waals surface area contributed by atoms with E-state index in [1.54, 1.807) is 0 Å². The Morgan fingerprint density at radius 2 is 2.33 bits per heavy atom. The fraction of sp³-hybridized carbons (Fsp3) is 0.833. The minimum atomic E-state index is -0.224. The van der Waals surface area contributed by atoms with E-state index >= 15 is 0 Å². The Kier molecular flexibility index (Phi) is 4.37. The molecule has 5 nitrogen and oxygen atoms in total. The van der Waals surface area contributed by atoms with Gasteiger partial charge in [0.25, 0.3) is 0 Å². The number of unbranched alkanes of at least 4 members (excludes halogenated alkanes) is 1. The second-order valence-electron chi connectivity index (χ2n) is 4.91. The molecule has 6 heteroatoms. The molecule has 2 heterocycles. The van der Waals surface area contributed by atoms with E-state index in [1.165, 1.54) is 0 Å².